The van der Waals surface area contributed by atoms with Crippen LogP contribution in [0.2, 0.25) is 5.02 Å². The van der Waals surface area contributed by atoms with Gasteiger partial charge in [0.25, 0.3) is 15.9 Å². The third-order valence-electron chi connectivity index (χ3n) is 5.84. The average molecular weight is 493 g/mol. The monoisotopic (exact) mass is 492 g/mol. The number of anilines is 1. The van der Waals surface area contributed by atoms with E-state index in [0.717, 1.165) is 17.1 Å². The Morgan fingerprint density at radius 3 is 2.52 bits per heavy atom. The number of ether oxygens (including phenoxy) is 1. The van der Waals surface area contributed by atoms with Crippen molar-refractivity contribution in [3.8, 4) is 0 Å². The number of nitrogens with zero attached hydrogens (tertiary/aromatic N) is 1. The van der Waals surface area contributed by atoms with Crippen molar-refractivity contribution in [3.05, 3.63) is 59.1 Å². The van der Waals surface area contributed by atoms with Crippen molar-refractivity contribution in [2.45, 2.75) is 50.0 Å². The van der Waals surface area contributed by atoms with Crippen LogP contribution in [0.4, 0.5) is 5.69 Å². The molecular formula is C24H29ClN2O5S. The standard InChI is InChI=1S/C24H29ClN2O5S/c1-17(23(28)26-16-18-8-4-3-5-9-18)32-24(29)19-10-6-13-22(14-19)33(30,31)27(2)21-12-7-11-20(25)15-21/h6-7,10-15,17-18H,3-5,8-9,16H2,1-2H3,(H,26,28)/t17-/m0/s1. The van der Waals surface area contributed by atoms with Gasteiger partial charge in [0.1, 0.15) is 0 Å². The normalized spacial score (nSPS) is 15.5. The van der Waals surface area contributed by atoms with Gasteiger partial charge in [0.15, 0.2) is 6.10 Å². The lowest BCUT2D eigenvalue weighted by molar-refractivity contribution is -0.129. The molecule has 178 valence electrons. The molecule has 3 rings (SSSR count). The second-order valence-electron chi connectivity index (χ2n) is 8.28. The number of rotatable bonds is 8. The highest BCUT2D eigenvalue weighted by molar-refractivity contribution is 7.92. The van der Waals surface area contributed by atoms with E-state index in [-0.39, 0.29) is 16.4 Å². The van der Waals surface area contributed by atoms with Crippen molar-refractivity contribution in [2.24, 2.45) is 5.92 Å². The first-order valence-corrected chi connectivity index (χ1v) is 12.8. The number of halogens is 1. The summed E-state index contributed by atoms with van der Waals surface area (Å²) < 4.78 is 32.5. The largest absolute Gasteiger partial charge is 0.449 e. The fourth-order valence-corrected chi connectivity index (χ4v) is 5.23. The summed E-state index contributed by atoms with van der Waals surface area (Å²) >= 11 is 5.98. The molecule has 0 aliphatic heterocycles. The maximum absolute atomic E-state index is 13.1. The predicted octanol–water partition coefficient (Wildman–Crippen LogP) is 4.41. The van der Waals surface area contributed by atoms with Gasteiger partial charge >= 0.3 is 5.97 Å². The van der Waals surface area contributed by atoms with E-state index in [9.17, 15) is 18.0 Å². The Bertz CT molecular complexity index is 1100. The first kappa shape index (κ1) is 25.1. The van der Waals surface area contributed by atoms with Crippen molar-refractivity contribution < 1.29 is 22.7 Å². The Kier molecular flexibility index (Phi) is 8.37. The molecule has 1 fully saturated rings. The van der Waals surface area contributed by atoms with E-state index in [1.807, 2.05) is 0 Å². The molecule has 1 saturated carbocycles. The molecule has 0 saturated heterocycles. The van der Waals surface area contributed by atoms with Crippen molar-refractivity contribution in [1.29, 1.82) is 0 Å². The Balaban J connectivity index is 1.65. The average Bonchev–Trinajstić information content (AvgIpc) is 2.82. The number of amides is 1. The van der Waals surface area contributed by atoms with Gasteiger partial charge < -0.3 is 10.1 Å². The van der Waals surface area contributed by atoms with Crippen LogP contribution >= 0.6 is 11.6 Å². The number of nitrogens with one attached hydrogen (secondary N) is 1. The summed E-state index contributed by atoms with van der Waals surface area (Å²) in [5, 5.41) is 3.26. The van der Waals surface area contributed by atoms with Crippen LogP contribution in [0.15, 0.2) is 53.4 Å². The maximum Gasteiger partial charge on any atom is 0.338 e. The minimum Gasteiger partial charge on any atom is -0.449 e. The highest BCUT2D eigenvalue weighted by atomic mass is 35.5. The number of hydrogen-bond donors (Lipinski definition) is 1. The van der Waals surface area contributed by atoms with Crippen molar-refractivity contribution in [1.82, 2.24) is 5.32 Å². The molecule has 1 aliphatic carbocycles. The van der Waals surface area contributed by atoms with Gasteiger partial charge in [0.05, 0.1) is 16.1 Å². The molecule has 0 spiro atoms. The Hall–Kier alpha value is -2.58. The molecule has 1 N–H and O–H groups in total. The van der Waals surface area contributed by atoms with Gasteiger partial charge in [-0.2, -0.15) is 0 Å². The molecule has 2 aromatic carbocycles. The van der Waals surface area contributed by atoms with Gasteiger partial charge in [-0.05, 0) is 62.1 Å². The fourth-order valence-electron chi connectivity index (χ4n) is 3.81. The van der Waals surface area contributed by atoms with Crippen molar-refractivity contribution in [3.63, 3.8) is 0 Å². The Labute approximate surface area is 200 Å². The zero-order chi connectivity index (χ0) is 24.0. The van der Waals surface area contributed by atoms with Gasteiger partial charge in [0, 0.05) is 18.6 Å². The van der Waals surface area contributed by atoms with Crippen LogP contribution < -0.4 is 9.62 Å². The molecule has 1 aliphatic rings. The number of carbonyl (C=O) groups is 2. The van der Waals surface area contributed by atoms with Gasteiger partial charge in [-0.15, -0.1) is 0 Å². The zero-order valence-corrected chi connectivity index (χ0v) is 20.4. The topological polar surface area (TPSA) is 92.8 Å². The molecular weight excluding hydrogens is 464 g/mol. The summed E-state index contributed by atoms with van der Waals surface area (Å²) in [6.45, 7) is 2.08. The molecule has 0 heterocycles. The first-order chi connectivity index (χ1) is 15.7. The SMILES string of the molecule is C[C@H](OC(=O)c1cccc(S(=O)(=O)N(C)c2cccc(Cl)c2)c1)C(=O)NCC1CCCCC1. The molecule has 33 heavy (non-hydrogen) atoms. The molecule has 0 aromatic heterocycles. The van der Waals surface area contributed by atoms with Crippen LogP contribution in [0, 0.1) is 5.92 Å². The van der Waals surface area contributed by atoms with Crippen LogP contribution in [0.3, 0.4) is 0 Å². The summed E-state index contributed by atoms with van der Waals surface area (Å²) in [4.78, 5) is 24.9. The summed E-state index contributed by atoms with van der Waals surface area (Å²) in [6, 6.07) is 12.0. The van der Waals surface area contributed by atoms with E-state index >= 15 is 0 Å². The number of benzene rings is 2. The molecule has 0 bridgehead atoms. The highest BCUT2D eigenvalue weighted by Gasteiger charge is 2.25. The fraction of sp³-hybridized carbons (Fsp3) is 0.417. The third-order valence-corrected chi connectivity index (χ3v) is 7.86. The minimum atomic E-state index is -3.94. The van der Waals surface area contributed by atoms with E-state index in [4.69, 9.17) is 16.3 Å². The molecule has 0 radical (unpaired) electrons. The highest BCUT2D eigenvalue weighted by Crippen LogP contribution is 2.25. The first-order valence-electron chi connectivity index (χ1n) is 11.0. The molecule has 9 heteroatoms. The second kappa shape index (κ2) is 11.0. The van der Waals surface area contributed by atoms with E-state index in [1.54, 1.807) is 18.2 Å². The summed E-state index contributed by atoms with van der Waals surface area (Å²) in [5.74, 6) is -0.667. The molecule has 1 amide bonds. The minimum absolute atomic E-state index is 0.0440. The molecule has 2 aromatic rings. The Morgan fingerprint density at radius 1 is 1.12 bits per heavy atom. The summed E-state index contributed by atoms with van der Waals surface area (Å²) in [7, 11) is -2.54. The predicted molar refractivity (Wildman–Crippen MR) is 128 cm³/mol. The lowest BCUT2D eigenvalue weighted by atomic mass is 9.89. The number of esters is 1. The maximum atomic E-state index is 13.1. The van der Waals surface area contributed by atoms with Gasteiger partial charge in [0.2, 0.25) is 0 Å². The molecule has 1 atom stereocenters. The summed E-state index contributed by atoms with van der Waals surface area (Å²) in [5.41, 5.74) is 0.432. The van der Waals surface area contributed by atoms with E-state index < -0.39 is 22.1 Å². The van der Waals surface area contributed by atoms with E-state index in [0.29, 0.717) is 23.2 Å². The smallest absolute Gasteiger partial charge is 0.338 e. The Morgan fingerprint density at radius 2 is 1.82 bits per heavy atom. The quantitative estimate of drug-likeness (QED) is 0.551. The van der Waals surface area contributed by atoms with Crippen LogP contribution in [-0.4, -0.2) is 40.0 Å². The van der Waals surface area contributed by atoms with Gasteiger partial charge in [-0.1, -0.05) is 43.0 Å². The zero-order valence-electron chi connectivity index (χ0n) is 18.8. The van der Waals surface area contributed by atoms with Crippen molar-refractivity contribution in [2.75, 3.05) is 17.9 Å². The van der Waals surface area contributed by atoms with E-state index in [2.05, 4.69) is 5.32 Å². The van der Waals surface area contributed by atoms with Crippen LogP contribution in [0.5, 0.6) is 0 Å². The van der Waals surface area contributed by atoms with Crippen LogP contribution in [0.1, 0.15) is 49.4 Å². The molecule has 7 nitrogen and oxygen atoms in total. The van der Waals surface area contributed by atoms with Crippen LogP contribution in [0.25, 0.3) is 0 Å². The lowest BCUT2D eigenvalue weighted by Crippen LogP contribution is -2.38. The third kappa shape index (κ3) is 6.48. The van der Waals surface area contributed by atoms with Gasteiger partial charge in [-0.3, -0.25) is 9.10 Å². The lowest BCUT2D eigenvalue weighted by Gasteiger charge is -2.22. The van der Waals surface area contributed by atoms with Gasteiger partial charge in [-0.25, -0.2) is 13.2 Å². The number of sulfonamides is 1. The molecule has 0 unspecified atom stereocenters. The summed E-state index contributed by atoms with van der Waals surface area (Å²) in [6.07, 6.45) is 4.80. The number of hydrogen-bond acceptors (Lipinski definition) is 5. The van der Waals surface area contributed by atoms with Crippen molar-refractivity contribution >= 4 is 39.2 Å². The van der Waals surface area contributed by atoms with Crippen LogP contribution in [-0.2, 0) is 19.6 Å². The second-order valence-corrected chi connectivity index (χ2v) is 10.7. The number of carbonyl (C=O) groups excluding carboxylic acids is 2. The van der Waals surface area contributed by atoms with E-state index in [1.165, 1.54) is 63.6 Å².